The van der Waals surface area contributed by atoms with Crippen LogP contribution in [-0.2, 0) is 14.6 Å². The Labute approximate surface area is 152 Å². The van der Waals surface area contributed by atoms with Crippen molar-refractivity contribution in [3.63, 3.8) is 0 Å². The maximum absolute atomic E-state index is 12.0. The average molecular weight is 374 g/mol. The van der Waals surface area contributed by atoms with Gasteiger partial charge in [-0.2, -0.15) is 0 Å². The van der Waals surface area contributed by atoms with Crippen molar-refractivity contribution in [2.24, 2.45) is 0 Å². The molecule has 1 amide bonds. The van der Waals surface area contributed by atoms with Crippen molar-refractivity contribution in [3.8, 4) is 0 Å². The van der Waals surface area contributed by atoms with Gasteiger partial charge in [-0.05, 0) is 37.5 Å². The first kappa shape index (κ1) is 17.2. The van der Waals surface area contributed by atoms with Gasteiger partial charge < -0.3 is 9.80 Å². The Morgan fingerprint density at radius 2 is 1.88 bits per heavy atom. The van der Waals surface area contributed by atoms with Crippen LogP contribution in [0.4, 0.5) is 5.82 Å². The van der Waals surface area contributed by atoms with Crippen LogP contribution in [0.3, 0.4) is 0 Å². The number of sulfone groups is 1. The first-order valence-corrected chi connectivity index (χ1v) is 10.8. The van der Waals surface area contributed by atoms with E-state index in [1.54, 1.807) is 18.2 Å². The van der Waals surface area contributed by atoms with Gasteiger partial charge in [0.25, 0.3) is 0 Å². The zero-order chi connectivity index (χ0) is 18.3. The number of anilines is 1. The normalized spacial score (nSPS) is 19.5. The van der Waals surface area contributed by atoms with E-state index in [0.717, 1.165) is 55.6 Å². The zero-order valence-electron chi connectivity index (χ0n) is 14.8. The summed E-state index contributed by atoms with van der Waals surface area (Å²) in [6, 6.07) is 5.28. The molecular weight excluding hydrogens is 352 g/mol. The van der Waals surface area contributed by atoms with E-state index < -0.39 is 9.84 Å². The van der Waals surface area contributed by atoms with Crippen LogP contribution < -0.4 is 4.90 Å². The third-order valence-electron chi connectivity index (χ3n) is 5.33. The minimum Gasteiger partial charge on any atom is -0.356 e. The molecule has 2 aliphatic rings. The molecule has 8 heteroatoms. The molecule has 0 saturated carbocycles. The second-order valence-corrected chi connectivity index (χ2v) is 9.07. The van der Waals surface area contributed by atoms with Crippen LogP contribution in [0, 0.1) is 0 Å². The van der Waals surface area contributed by atoms with Crippen molar-refractivity contribution in [1.29, 1.82) is 0 Å². The molecular formula is C18H22N4O3S. The Hall–Kier alpha value is -2.22. The summed E-state index contributed by atoms with van der Waals surface area (Å²) >= 11 is 0. The maximum atomic E-state index is 12.0. The van der Waals surface area contributed by atoms with Gasteiger partial charge in [-0.1, -0.05) is 0 Å². The van der Waals surface area contributed by atoms with Gasteiger partial charge in [-0.3, -0.25) is 4.79 Å². The number of carbonyl (C=O) groups is 1. The number of benzene rings is 1. The Bertz CT molecular complexity index is 952. The minimum absolute atomic E-state index is 0.272. The highest BCUT2D eigenvalue weighted by Crippen LogP contribution is 2.29. The highest BCUT2D eigenvalue weighted by atomic mass is 32.2. The number of nitrogens with zero attached hydrogens (tertiary/aromatic N) is 4. The lowest BCUT2D eigenvalue weighted by Crippen LogP contribution is -2.45. The Kier molecular flexibility index (Phi) is 4.30. The molecule has 0 spiro atoms. The highest BCUT2D eigenvalue weighted by Gasteiger charge is 2.31. The van der Waals surface area contributed by atoms with E-state index >= 15 is 0 Å². The second-order valence-electron chi connectivity index (χ2n) is 7.06. The molecule has 1 aromatic heterocycles. The van der Waals surface area contributed by atoms with Gasteiger partial charge in [0.2, 0.25) is 5.91 Å². The van der Waals surface area contributed by atoms with Crippen molar-refractivity contribution in [3.05, 3.63) is 24.5 Å². The predicted octanol–water partition coefficient (Wildman–Crippen LogP) is 1.62. The van der Waals surface area contributed by atoms with Gasteiger partial charge in [-0.15, -0.1) is 0 Å². The zero-order valence-corrected chi connectivity index (χ0v) is 15.6. The molecule has 2 aliphatic heterocycles. The van der Waals surface area contributed by atoms with E-state index in [4.69, 9.17) is 0 Å². The lowest BCUT2D eigenvalue weighted by Gasteiger charge is -2.37. The van der Waals surface area contributed by atoms with Gasteiger partial charge in [0.15, 0.2) is 9.84 Å². The molecule has 4 rings (SSSR count). The molecule has 7 nitrogen and oxygen atoms in total. The van der Waals surface area contributed by atoms with E-state index in [9.17, 15) is 13.2 Å². The number of amides is 1. The third kappa shape index (κ3) is 3.13. The Morgan fingerprint density at radius 1 is 1.12 bits per heavy atom. The van der Waals surface area contributed by atoms with Crippen molar-refractivity contribution >= 4 is 32.5 Å². The number of carbonyl (C=O) groups excluding carboxylic acids is 1. The Morgan fingerprint density at radius 3 is 2.54 bits per heavy atom. The molecule has 2 fully saturated rings. The Balaban J connectivity index is 1.60. The standard InChI is InChI=1S/C18H22N4O3S/c1-26(24,25)14-4-5-16-15(11-14)18(20-12-19-16)21-9-6-13(7-10-21)22-8-2-3-17(22)23/h4-5,11-13H,2-3,6-10H2,1H3. The molecule has 26 heavy (non-hydrogen) atoms. The summed E-state index contributed by atoms with van der Waals surface area (Å²) in [5, 5.41) is 0.756. The van der Waals surface area contributed by atoms with Gasteiger partial charge in [0, 0.05) is 43.7 Å². The molecule has 0 aliphatic carbocycles. The summed E-state index contributed by atoms with van der Waals surface area (Å²) in [7, 11) is -3.29. The van der Waals surface area contributed by atoms with Gasteiger partial charge in [0.1, 0.15) is 12.1 Å². The number of piperidine rings is 1. The quantitative estimate of drug-likeness (QED) is 0.812. The molecule has 2 saturated heterocycles. The molecule has 1 aromatic carbocycles. The lowest BCUT2D eigenvalue weighted by atomic mass is 10.0. The first-order chi connectivity index (χ1) is 12.4. The second kappa shape index (κ2) is 6.50. The van der Waals surface area contributed by atoms with Crippen LogP contribution in [0.1, 0.15) is 25.7 Å². The minimum atomic E-state index is -3.29. The van der Waals surface area contributed by atoms with Gasteiger partial charge in [0.05, 0.1) is 10.4 Å². The summed E-state index contributed by atoms with van der Waals surface area (Å²) in [6.45, 7) is 2.46. The molecule has 0 unspecified atom stereocenters. The van der Waals surface area contributed by atoms with Crippen LogP contribution in [-0.4, -0.2) is 61.1 Å². The summed E-state index contributed by atoms with van der Waals surface area (Å²) in [5.74, 6) is 1.04. The third-order valence-corrected chi connectivity index (χ3v) is 6.44. The number of fused-ring (bicyclic) bond motifs is 1. The van der Waals surface area contributed by atoms with Crippen LogP contribution in [0.15, 0.2) is 29.4 Å². The smallest absolute Gasteiger partial charge is 0.222 e. The van der Waals surface area contributed by atoms with Crippen LogP contribution in [0.5, 0.6) is 0 Å². The SMILES string of the molecule is CS(=O)(=O)c1ccc2ncnc(N3CCC(N4CCCC4=O)CC3)c2c1. The van der Waals surface area contributed by atoms with Crippen molar-refractivity contribution in [2.45, 2.75) is 36.6 Å². The summed E-state index contributed by atoms with van der Waals surface area (Å²) in [6.07, 6.45) is 6.17. The summed E-state index contributed by atoms with van der Waals surface area (Å²) in [4.78, 5) is 25.1. The molecule has 0 N–H and O–H groups in total. The number of aromatic nitrogens is 2. The topological polar surface area (TPSA) is 83.5 Å². The molecule has 0 atom stereocenters. The fourth-order valence-electron chi connectivity index (χ4n) is 3.95. The monoisotopic (exact) mass is 374 g/mol. The number of rotatable bonds is 3. The molecule has 2 aromatic rings. The van der Waals surface area contributed by atoms with Crippen molar-refractivity contribution < 1.29 is 13.2 Å². The average Bonchev–Trinajstić information content (AvgIpc) is 3.06. The number of likely N-dealkylation sites (tertiary alicyclic amines) is 1. The van der Waals surface area contributed by atoms with Crippen molar-refractivity contribution in [1.82, 2.24) is 14.9 Å². The number of hydrogen-bond donors (Lipinski definition) is 0. The van der Waals surface area contributed by atoms with E-state index in [0.29, 0.717) is 12.5 Å². The van der Waals surface area contributed by atoms with E-state index in [2.05, 4.69) is 14.9 Å². The summed E-state index contributed by atoms with van der Waals surface area (Å²) in [5.41, 5.74) is 0.735. The first-order valence-electron chi connectivity index (χ1n) is 8.93. The van der Waals surface area contributed by atoms with E-state index in [1.165, 1.54) is 12.6 Å². The van der Waals surface area contributed by atoms with Crippen LogP contribution in [0.2, 0.25) is 0 Å². The van der Waals surface area contributed by atoms with Crippen LogP contribution >= 0.6 is 0 Å². The number of hydrogen-bond acceptors (Lipinski definition) is 6. The molecule has 0 bridgehead atoms. The van der Waals surface area contributed by atoms with E-state index in [-0.39, 0.29) is 10.8 Å². The molecule has 138 valence electrons. The van der Waals surface area contributed by atoms with E-state index in [1.807, 2.05) is 4.90 Å². The fourth-order valence-corrected chi connectivity index (χ4v) is 4.60. The van der Waals surface area contributed by atoms with Crippen LogP contribution in [0.25, 0.3) is 10.9 Å². The largest absolute Gasteiger partial charge is 0.356 e. The highest BCUT2D eigenvalue weighted by molar-refractivity contribution is 7.90. The van der Waals surface area contributed by atoms with Gasteiger partial charge >= 0.3 is 0 Å². The van der Waals surface area contributed by atoms with Gasteiger partial charge in [-0.25, -0.2) is 18.4 Å². The lowest BCUT2D eigenvalue weighted by molar-refractivity contribution is -0.130. The molecule has 0 radical (unpaired) electrons. The maximum Gasteiger partial charge on any atom is 0.222 e. The summed E-state index contributed by atoms with van der Waals surface area (Å²) < 4.78 is 23.8. The fraction of sp³-hybridized carbons (Fsp3) is 0.500. The predicted molar refractivity (Wildman–Crippen MR) is 98.8 cm³/mol. The van der Waals surface area contributed by atoms with Crippen molar-refractivity contribution in [2.75, 3.05) is 30.8 Å². The molecule has 3 heterocycles.